The molecule has 4 rings (SSSR count). The number of aromatic nitrogens is 3. The zero-order chi connectivity index (χ0) is 13.5. The van der Waals surface area contributed by atoms with Crippen LogP contribution in [-0.4, -0.2) is 44.9 Å². The molecule has 20 heavy (non-hydrogen) atoms. The molecule has 1 unspecified atom stereocenters. The van der Waals surface area contributed by atoms with Crippen LogP contribution in [0, 0.1) is 5.92 Å². The van der Waals surface area contributed by atoms with E-state index in [0.717, 1.165) is 34.6 Å². The predicted molar refractivity (Wildman–Crippen MR) is 81.9 cm³/mol. The highest BCUT2D eigenvalue weighted by Crippen LogP contribution is 2.31. The second-order valence-corrected chi connectivity index (χ2v) is 6.64. The van der Waals surface area contributed by atoms with Crippen molar-refractivity contribution in [3.05, 3.63) is 23.2 Å². The lowest BCUT2D eigenvalue weighted by molar-refractivity contribution is 0.316. The van der Waals surface area contributed by atoms with Crippen molar-refractivity contribution in [2.24, 2.45) is 5.92 Å². The fraction of sp³-hybridized carbons (Fsp3) is 0.571. The van der Waals surface area contributed by atoms with Crippen LogP contribution in [0.25, 0.3) is 5.65 Å². The maximum atomic E-state index is 4.51. The average molecular weight is 336 g/mol. The molecule has 3 heterocycles. The maximum Gasteiger partial charge on any atom is 0.180 e. The van der Waals surface area contributed by atoms with E-state index in [1.54, 1.807) is 6.20 Å². The fourth-order valence-corrected chi connectivity index (χ4v) is 3.46. The molecule has 0 radical (unpaired) electrons. The number of rotatable bonds is 4. The highest BCUT2D eigenvalue weighted by molar-refractivity contribution is 9.10. The summed E-state index contributed by atoms with van der Waals surface area (Å²) in [4.78, 5) is 11.5. The van der Waals surface area contributed by atoms with Gasteiger partial charge < -0.3 is 14.6 Å². The van der Waals surface area contributed by atoms with Gasteiger partial charge in [-0.1, -0.05) is 0 Å². The fourth-order valence-electron chi connectivity index (χ4n) is 3.06. The number of hydrogen-bond donors (Lipinski definition) is 1. The van der Waals surface area contributed by atoms with E-state index in [9.17, 15) is 0 Å². The Bertz CT molecular complexity index is 621. The summed E-state index contributed by atoms with van der Waals surface area (Å²) in [5.41, 5.74) is 0.894. The number of fused-ring (bicyclic) bond motifs is 1. The van der Waals surface area contributed by atoms with Crippen LogP contribution in [0.4, 0.5) is 5.82 Å². The van der Waals surface area contributed by atoms with Gasteiger partial charge in [0.25, 0.3) is 0 Å². The van der Waals surface area contributed by atoms with E-state index < -0.39 is 0 Å². The molecule has 106 valence electrons. The maximum absolute atomic E-state index is 4.51. The second kappa shape index (κ2) is 5.00. The van der Waals surface area contributed by atoms with Crippen molar-refractivity contribution in [1.29, 1.82) is 0 Å². The van der Waals surface area contributed by atoms with Crippen LogP contribution < -0.4 is 5.32 Å². The SMILES string of the molecule is Brc1cn2ccnc2c(NCC2CCN(C3CC3)C2)n1. The molecule has 0 aromatic carbocycles. The quantitative estimate of drug-likeness (QED) is 0.931. The minimum absolute atomic E-state index is 0.728. The normalized spacial score (nSPS) is 23.6. The zero-order valence-electron chi connectivity index (χ0n) is 11.3. The summed E-state index contributed by atoms with van der Waals surface area (Å²) < 4.78 is 2.82. The Morgan fingerprint density at radius 1 is 1.35 bits per heavy atom. The molecular formula is C14H18BrN5. The Balaban J connectivity index is 1.44. The molecule has 1 saturated carbocycles. The van der Waals surface area contributed by atoms with Gasteiger partial charge >= 0.3 is 0 Å². The number of nitrogens with one attached hydrogen (secondary N) is 1. The molecule has 2 fully saturated rings. The Morgan fingerprint density at radius 2 is 2.25 bits per heavy atom. The Kier molecular flexibility index (Phi) is 3.15. The number of imidazole rings is 1. The molecular weight excluding hydrogens is 318 g/mol. The first-order valence-electron chi connectivity index (χ1n) is 7.27. The van der Waals surface area contributed by atoms with Gasteiger partial charge in [-0.05, 0) is 47.7 Å². The molecule has 2 aromatic rings. The van der Waals surface area contributed by atoms with Gasteiger partial charge in [0.15, 0.2) is 11.5 Å². The standard InChI is InChI=1S/C14H18BrN5/c15-12-9-20-6-4-16-14(20)13(18-12)17-7-10-3-5-19(8-10)11-1-2-11/h4,6,9-11H,1-3,5,7-8H2,(H,17,18). The molecule has 1 N–H and O–H groups in total. The van der Waals surface area contributed by atoms with Crippen LogP contribution in [0.2, 0.25) is 0 Å². The predicted octanol–water partition coefficient (Wildman–Crippen LogP) is 2.39. The third kappa shape index (κ3) is 2.42. The summed E-state index contributed by atoms with van der Waals surface area (Å²) in [6, 6.07) is 0.892. The molecule has 5 nitrogen and oxygen atoms in total. The number of anilines is 1. The third-order valence-electron chi connectivity index (χ3n) is 4.28. The average Bonchev–Trinajstić information content (AvgIpc) is 2.99. The van der Waals surface area contributed by atoms with Crippen LogP contribution in [0.1, 0.15) is 19.3 Å². The summed E-state index contributed by atoms with van der Waals surface area (Å²) in [7, 11) is 0. The van der Waals surface area contributed by atoms with E-state index in [2.05, 4.69) is 36.1 Å². The monoisotopic (exact) mass is 335 g/mol. The van der Waals surface area contributed by atoms with Crippen LogP contribution in [0.15, 0.2) is 23.2 Å². The van der Waals surface area contributed by atoms with Crippen molar-refractivity contribution >= 4 is 27.4 Å². The molecule has 0 spiro atoms. The minimum Gasteiger partial charge on any atom is -0.367 e. The molecule has 6 heteroatoms. The number of nitrogens with zero attached hydrogens (tertiary/aromatic N) is 4. The van der Waals surface area contributed by atoms with E-state index in [-0.39, 0.29) is 0 Å². The van der Waals surface area contributed by atoms with Crippen LogP contribution >= 0.6 is 15.9 Å². The largest absolute Gasteiger partial charge is 0.367 e. The van der Waals surface area contributed by atoms with Crippen LogP contribution in [0.5, 0.6) is 0 Å². The van der Waals surface area contributed by atoms with Crippen molar-refractivity contribution in [1.82, 2.24) is 19.3 Å². The topological polar surface area (TPSA) is 45.5 Å². The Hall–Kier alpha value is -1.14. The molecule has 1 atom stereocenters. The lowest BCUT2D eigenvalue weighted by atomic mass is 10.1. The zero-order valence-corrected chi connectivity index (χ0v) is 12.9. The van der Waals surface area contributed by atoms with Gasteiger partial charge in [0.2, 0.25) is 0 Å². The van der Waals surface area contributed by atoms with Gasteiger partial charge in [0, 0.05) is 37.7 Å². The van der Waals surface area contributed by atoms with Crippen LogP contribution in [-0.2, 0) is 0 Å². The molecule has 0 bridgehead atoms. The van der Waals surface area contributed by atoms with Gasteiger partial charge in [-0.3, -0.25) is 0 Å². The van der Waals surface area contributed by atoms with Gasteiger partial charge in [-0.15, -0.1) is 0 Å². The first kappa shape index (κ1) is 12.6. The van der Waals surface area contributed by atoms with Gasteiger partial charge in [0.05, 0.1) is 0 Å². The highest BCUT2D eigenvalue weighted by Gasteiger charge is 2.34. The van der Waals surface area contributed by atoms with Gasteiger partial charge in [-0.2, -0.15) is 0 Å². The van der Waals surface area contributed by atoms with Crippen molar-refractivity contribution in [2.75, 3.05) is 25.0 Å². The first-order chi connectivity index (χ1) is 9.79. The van der Waals surface area contributed by atoms with Crippen LogP contribution in [0.3, 0.4) is 0 Å². The molecule has 1 aliphatic heterocycles. The lowest BCUT2D eigenvalue weighted by Crippen LogP contribution is -2.25. The highest BCUT2D eigenvalue weighted by atomic mass is 79.9. The van der Waals surface area contributed by atoms with Crippen molar-refractivity contribution in [3.8, 4) is 0 Å². The van der Waals surface area contributed by atoms with E-state index in [1.165, 1.54) is 32.4 Å². The summed E-state index contributed by atoms with van der Waals surface area (Å²) in [5.74, 6) is 1.60. The molecule has 0 amide bonds. The van der Waals surface area contributed by atoms with Crippen molar-refractivity contribution in [2.45, 2.75) is 25.3 Å². The van der Waals surface area contributed by atoms with Crippen molar-refractivity contribution in [3.63, 3.8) is 0 Å². The molecule has 1 aliphatic carbocycles. The number of halogens is 1. The Labute approximate surface area is 126 Å². The molecule has 1 saturated heterocycles. The number of hydrogen-bond acceptors (Lipinski definition) is 4. The minimum atomic E-state index is 0.728. The Morgan fingerprint density at radius 3 is 3.10 bits per heavy atom. The summed E-state index contributed by atoms with van der Waals surface area (Å²) >= 11 is 3.45. The molecule has 2 aliphatic rings. The summed E-state index contributed by atoms with van der Waals surface area (Å²) in [6.07, 6.45) is 9.78. The van der Waals surface area contributed by atoms with E-state index in [1.807, 2.05) is 16.8 Å². The van der Waals surface area contributed by atoms with Gasteiger partial charge in [-0.25, -0.2) is 9.97 Å². The summed E-state index contributed by atoms with van der Waals surface area (Å²) in [5, 5.41) is 3.49. The smallest absolute Gasteiger partial charge is 0.180 e. The van der Waals surface area contributed by atoms with Crippen molar-refractivity contribution < 1.29 is 0 Å². The van der Waals surface area contributed by atoms with E-state index >= 15 is 0 Å². The number of likely N-dealkylation sites (tertiary alicyclic amines) is 1. The molecule has 2 aromatic heterocycles. The van der Waals surface area contributed by atoms with E-state index in [4.69, 9.17) is 0 Å². The van der Waals surface area contributed by atoms with E-state index in [0.29, 0.717) is 0 Å². The van der Waals surface area contributed by atoms with Gasteiger partial charge in [0.1, 0.15) is 4.60 Å². The first-order valence-corrected chi connectivity index (χ1v) is 8.06. The lowest BCUT2D eigenvalue weighted by Gasteiger charge is -2.15. The third-order valence-corrected chi connectivity index (χ3v) is 4.67. The second-order valence-electron chi connectivity index (χ2n) is 5.83. The summed E-state index contributed by atoms with van der Waals surface area (Å²) in [6.45, 7) is 3.48.